The van der Waals surface area contributed by atoms with E-state index in [9.17, 15) is 5.11 Å². The molecule has 0 bridgehead atoms. The Labute approximate surface area is 100 Å². The SMILES string of the molecule is OC1(c2cc(-c3ccccc3)n[nH]2)CCCC1. The van der Waals surface area contributed by atoms with Gasteiger partial charge >= 0.3 is 0 Å². The zero-order valence-corrected chi connectivity index (χ0v) is 9.69. The average molecular weight is 228 g/mol. The molecule has 2 N–H and O–H groups in total. The first-order valence-electron chi connectivity index (χ1n) is 6.12. The molecule has 3 rings (SSSR count). The minimum Gasteiger partial charge on any atom is -0.384 e. The Bertz CT molecular complexity index is 498. The fourth-order valence-electron chi connectivity index (χ4n) is 2.55. The van der Waals surface area contributed by atoms with Crippen LogP contribution in [0.2, 0.25) is 0 Å². The summed E-state index contributed by atoms with van der Waals surface area (Å²) in [6, 6.07) is 12.0. The van der Waals surface area contributed by atoms with Crippen molar-refractivity contribution in [1.29, 1.82) is 0 Å². The van der Waals surface area contributed by atoms with Gasteiger partial charge in [0, 0.05) is 5.56 Å². The van der Waals surface area contributed by atoms with Gasteiger partial charge in [0.05, 0.1) is 11.4 Å². The van der Waals surface area contributed by atoms with Gasteiger partial charge in [-0.25, -0.2) is 0 Å². The molecule has 0 radical (unpaired) electrons. The largest absolute Gasteiger partial charge is 0.384 e. The van der Waals surface area contributed by atoms with E-state index < -0.39 is 5.60 Å². The van der Waals surface area contributed by atoms with Crippen LogP contribution in [0.4, 0.5) is 0 Å². The second-order valence-corrected chi connectivity index (χ2v) is 4.77. The minimum absolute atomic E-state index is 0.681. The minimum atomic E-state index is -0.681. The van der Waals surface area contributed by atoms with Crippen molar-refractivity contribution in [1.82, 2.24) is 10.2 Å². The summed E-state index contributed by atoms with van der Waals surface area (Å²) >= 11 is 0. The zero-order valence-electron chi connectivity index (χ0n) is 9.69. The highest BCUT2D eigenvalue weighted by Crippen LogP contribution is 2.38. The van der Waals surface area contributed by atoms with E-state index >= 15 is 0 Å². The summed E-state index contributed by atoms with van der Waals surface area (Å²) in [5, 5.41) is 17.7. The van der Waals surface area contributed by atoms with E-state index in [0.717, 1.165) is 42.6 Å². The van der Waals surface area contributed by atoms with Crippen LogP contribution in [0.25, 0.3) is 11.3 Å². The third-order valence-electron chi connectivity index (χ3n) is 3.58. The fourth-order valence-corrected chi connectivity index (χ4v) is 2.55. The molecule has 0 amide bonds. The molecule has 3 nitrogen and oxygen atoms in total. The van der Waals surface area contributed by atoms with Crippen LogP contribution in [0.5, 0.6) is 0 Å². The maximum atomic E-state index is 10.5. The Kier molecular flexibility index (Phi) is 2.48. The van der Waals surface area contributed by atoms with E-state index in [4.69, 9.17) is 0 Å². The molecule has 1 heterocycles. The van der Waals surface area contributed by atoms with Gasteiger partial charge in [-0.15, -0.1) is 0 Å². The molecule has 0 aliphatic heterocycles. The zero-order chi connectivity index (χ0) is 11.7. The van der Waals surface area contributed by atoms with Crippen molar-refractivity contribution in [3.8, 4) is 11.3 Å². The summed E-state index contributed by atoms with van der Waals surface area (Å²) in [5.74, 6) is 0. The number of rotatable bonds is 2. The normalized spacial score (nSPS) is 18.4. The van der Waals surface area contributed by atoms with E-state index in [1.807, 2.05) is 36.4 Å². The first kappa shape index (κ1) is 10.5. The number of aromatic amines is 1. The van der Waals surface area contributed by atoms with Gasteiger partial charge in [-0.3, -0.25) is 5.10 Å². The number of nitrogens with one attached hydrogen (secondary N) is 1. The quantitative estimate of drug-likeness (QED) is 0.830. The predicted octanol–water partition coefficient (Wildman–Crippen LogP) is 2.84. The van der Waals surface area contributed by atoms with Crippen molar-refractivity contribution in [3.63, 3.8) is 0 Å². The lowest BCUT2D eigenvalue weighted by Gasteiger charge is -2.19. The van der Waals surface area contributed by atoms with Crippen LogP contribution in [0, 0.1) is 0 Å². The van der Waals surface area contributed by atoms with Crippen molar-refractivity contribution >= 4 is 0 Å². The van der Waals surface area contributed by atoms with E-state index in [1.165, 1.54) is 0 Å². The average Bonchev–Trinajstić information content (AvgIpc) is 2.99. The molecule has 88 valence electrons. The summed E-state index contributed by atoms with van der Waals surface area (Å²) in [5.41, 5.74) is 2.16. The lowest BCUT2D eigenvalue weighted by molar-refractivity contribution is 0.0399. The second-order valence-electron chi connectivity index (χ2n) is 4.77. The molecule has 1 aromatic heterocycles. The molecule has 1 aliphatic rings. The summed E-state index contributed by atoms with van der Waals surface area (Å²) in [4.78, 5) is 0. The third kappa shape index (κ3) is 1.87. The van der Waals surface area contributed by atoms with Crippen LogP contribution < -0.4 is 0 Å². The summed E-state index contributed by atoms with van der Waals surface area (Å²) < 4.78 is 0. The molecule has 3 heteroatoms. The van der Waals surface area contributed by atoms with Gasteiger partial charge in [-0.2, -0.15) is 5.10 Å². The second kappa shape index (κ2) is 4.00. The Balaban J connectivity index is 1.93. The molecule has 0 atom stereocenters. The van der Waals surface area contributed by atoms with Crippen LogP contribution in [0.15, 0.2) is 36.4 Å². The van der Waals surface area contributed by atoms with Crippen molar-refractivity contribution in [3.05, 3.63) is 42.1 Å². The maximum Gasteiger partial charge on any atom is 0.106 e. The Morgan fingerprint density at radius 2 is 1.82 bits per heavy atom. The van der Waals surface area contributed by atoms with Crippen LogP contribution in [0.1, 0.15) is 31.4 Å². The van der Waals surface area contributed by atoms with Gasteiger partial charge in [-0.1, -0.05) is 43.2 Å². The number of benzene rings is 1. The molecular weight excluding hydrogens is 212 g/mol. The van der Waals surface area contributed by atoms with Crippen LogP contribution in [-0.4, -0.2) is 15.3 Å². The highest BCUT2D eigenvalue weighted by atomic mass is 16.3. The highest BCUT2D eigenvalue weighted by Gasteiger charge is 2.34. The molecule has 0 spiro atoms. The van der Waals surface area contributed by atoms with Crippen molar-refractivity contribution in [2.45, 2.75) is 31.3 Å². The number of hydrogen-bond donors (Lipinski definition) is 2. The van der Waals surface area contributed by atoms with Gasteiger partial charge in [0.2, 0.25) is 0 Å². The molecule has 0 unspecified atom stereocenters. The predicted molar refractivity (Wildman–Crippen MR) is 66.4 cm³/mol. The van der Waals surface area contributed by atoms with Crippen molar-refractivity contribution in [2.75, 3.05) is 0 Å². The lowest BCUT2D eigenvalue weighted by atomic mass is 9.97. The van der Waals surface area contributed by atoms with Gasteiger partial charge in [0.1, 0.15) is 5.60 Å². The molecule has 17 heavy (non-hydrogen) atoms. The molecule has 2 aromatic rings. The van der Waals surface area contributed by atoms with Crippen LogP contribution >= 0.6 is 0 Å². The summed E-state index contributed by atoms with van der Waals surface area (Å²) in [6.45, 7) is 0. The van der Waals surface area contributed by atoms with Crippen molar-refractivity contribution in [2.24, 2.45) is 0 Å². The summed E-state index contributed by atoms with van der Waals surface area (Å²) in [7, 11) is 0. The number of nitrogens with zero attached hydrogens (tertiary/aromatic N) is 1. The molecule has 1 saturated carbocycles. The van der Waals surface area contributed by atoms with E-state index in [0.29, 0.717) is 0 Å². The van der Waals surface area contributed by atoms with Gasteiger partial charge in [0.15, 0.2) is 0 Å². The molecule has 0 saturated heterocycles. The number of aliphatic hydroxyl groups is 1. The van der Waals surface area contributed by atoms with E-state index in [-0.39, 0.29) is 0 Å². The smallest absolute Gasteiger partial charge is 0.106 e. The van der Waals surface area contributed by atoms with Gasteiger partial charge < -0.3 is 5.11 Å². The van der Waals surface area contributed by atoms with Gasteiger partial charge in [0.25, 0.3) is 0 Å². The first-order chi connectivity index (χ1) is 8.28. The van der Waals surface area contributed by atoms with Crippen LogP contribution in [-0.2, 0) is 5.60 Å². The number of hydrogen-bond acceptors (Lipinski definition) is 2. The molecule has 1 fully saturated rings. The Hall–Kier alpha value is -1.61. The van der Waals surface area contributed by atoms with E-state index in [1.54, 1.807) is 0 Å². The summed E-state index contributed by atoms with van der Waals surface area (Å²) in [6.07, 6.45) is 3.86. The monoisotopic (exact) mass is 228 g/mol. The highest BCUT2D eigenvalue weighted by molar-refractivity contribution is 5.59. The topological polar surface area (TPSA) is 48.9 Å². The fraction of sp³-hybridized carbons (Fsp3) is 0.357. The number of H-pyrrole nitrogens is 1. The third-order valence-corrected chi connectivity index (χ3v) is 3.58. The van der Waals surface area contributed by atoms with Gasteiger partial charge in [-0.05, 0) is 18.9 Å². The van der Waals surface area contributed by atoms with Crippen LogP contribution in [0.3, 0.4) is 0 Å². The maximum absolute atomic E-state index is 10.5. The first-order valence-corrected chi connectivity index (χ1v) is 6.12. The lowest BCUT2D eigenvalue weighted by Crippen LogP contribution is -2.21. The Morgan fingerprint density at radius 1 is 1.12 bits per heavy atom. The Morgan fingerprint density at radius 3 is 2.53 bits per heavy atom. The molecule has 1 aliphatic carbocycles. The molecule has 1 aromatic carbocycles. The number of aromatic nitrogens is 2. The standard InChI is InChI=1S/C14H16N2O/c17-14(8-4-5-9-14)13-10-12(15-16-13)11-6-2-1-3-7-11/h1-3,6-7,10,17H,4-5,8-9H2,(H,15,16). The van der Waals surface area contributed by atoms with Crippen molar-refractivity contribution < 1.29 is 5.11 Å². The van der Waals surface area contributed by atoms with E-state index in [2.05, 4.69) is 10.2 Å². The molecular formula is C14H16N2O.